The number of nitrogens with zero attached hydrogens (tertiary/aromatic N) is 2. The summed E-state index contributed by atoms with van der Waals surface area (Å²) in [5.74, 6) is -2.55. The smallest absolute Gasteiger partial charge is 0.329 e. The number of aromatic nitrogens is 1. The van der Waals surface area contributed by atoms with Crippen molar-refractivity contribution < 1.29 is 19.1 Å². The molecule has 0 saturated carbocycles. The van der Waals surface area contributed by atoms with E-state index in [4.69, 9.17) is 0 Å². The zero-order valence-electron chi connectivity index (χ0n) is 10.6. The summed E-state index contributed by atoms with van der Waals surface area (Å²) < 4.78 is 13.5. The minimum Gasteiger partial charge on any atom is -0.480 e. The summed E-state index contributed by atoms with van der Waals surface area (Å²) in [7, 11) is 0. The molecule has 19 heavy (non-hydrogen) atoms. The van der Waals surface area contributed by atoms with Crippen LogP contribution in [0.3, 0.4) is 0 Å². The van der Waals surface area contributed by atoms with E-state index >= 15 is 0 Å². The van der Waals surface area contributed by atoms with Crippen LogP contribution in [-0.2, 0) is 4.79 Å². The van der Waals surface area contributed by atoms with Crippen LogP contribution in [0.2, 0.25) is 0 Å². The Morgan fingerprint density at radius 1 is 1.47 bits per heavy atom. The molecule has 1 aromatic rings. The second kappa shape index (κ2) is 4.95. The molecule has 1 aliphatic heterocycles. The molecule has 1 atom stereocenters. The fourth-order valence-electron chi connectivity index (χ4n) is 2.36. The number of hydrogen-bond donors (Lipinski definition) is 1. The van der Waals surface area contributed by atoms with Crippen molar-refractivity contribution in [2.45, 2.75) is 31.7 Å². The molecule has 102 valence electrons. The van der Waals surface area contributed by atoms with E-state index in [1.165, 1.54) is 30.2 Å². The number of carbonyl (C=O) groups excluding carboxylic acids is 1. The summed E-state index contributed by atoms with van der Waals surface area (Å²) in [6, 6.07) is 2.78. The Kier molecular flexibility index (Phi) is 3.50. The predicted molar refractivity (Wildman–Crippen MR) is 65.1 cm³/mol. The Balaban J connectivity index is 2.36. The van der Waals surface area contributed by atoms with Crippen molar-refractivity contribution in [2.24, 2.45) is 0 Å². The molecule has 5 nitrogen and oxygen atoms in total. The number of halogens is 1. The molecule has 0 aliphatic carbocycles. The topological polar surface area (TPSA) is 70.5 Å². The highest BCUT2D eigenvalue weighted by atomic mass is 19.1. The molecule has 1 aromatic heterocycles. The van der Waals surface area contributed by atoms with E-state index in [2.05, 4.69) is 4.98 Å². The van der Waals surface area contributed by atoms with Crippen LogP contribution < -0.4 is 0 Å². The summed E-state index contributed by atoms with van der Waals surface area (Å²) in [5.41, 5.74) is -1.46. The van der Waals surface area contributed by atoms with Crippen LogP contribution in [0.1, 0.15) is 36.5 Å². The van der Waals surface area contributed by atoms with Crippen LogP contribution >= 0.6 is 0 Å². The third kappa shape index (κ3) is 2.30. The predicted octanol–water partition coefficient (Wildman–Crippen LogP) is 1.69. The quantitative estimate of drug-likeness (QED) is 0.827. The molecular formula is C13H15FN2O3. The first kappa shape index (κ1) is 13.5. The summed E-state index contributed by atoms with van der Waals surface area (Å²) in [6.45, 7) is 1.82. The molecule has 1 N–H and O–H groups in total. The van der Waals surface area contributed by atoms with Crippen molar-refractivity contribution in [3.63, 3.8) is 0 Å². The molecular weight excluding hydrogens is 251 g/mol. The number of likely N-dealkylation sites (tertiary alicyclic amines) is 1. The van der Waals surface area contributed by atoms with Crippen molar-refractivity contribution >= 4 is 11.9 Å². The summed E-state index contributed by atoms with van der Waals surface area (Å²) >= 11 is 0. The third-order valence-electron chi connectivity index (χ3n) is 3.59. The lowest BCUT2D eigenvalue weighted by molar-refractivity contribution is -0.150. The second-order valence-electron chi connectivity index (χ2n) is 4.83. The van der Waals surface area contributed by atoms with Gasteiger partial charge in [0.2, 0.25) is 5.95 Å². The molecule has 1 fully saturated rings. The van der Waals surface area contributed by atoms with E-state index < -0.39 is 23.4 Å². The molecule has 1 aliphatic rings. The maximum absolute atomic E-state index is 13.5. The molecule has 0 aromatic carbocycles. The van der Waals surface area contributed by atoms with Gasteiger partial charge in [0.1, 0.15) is 5.54 Å². The molecule has 2 heterocycles. The van der Waals surface area contributed by atoms with E-state index in [-0.39, 0.29) is 5.56 Å². The average Bonchev–Trinajstić information content (AvgIpc) is 2.39. The van der Waals surface area contributed by atoms with Gasteiger partial charge in [-0.2, -0.15) is 4.39 Å². The second-order valence-corrected chi connectivity index (χ2v) is 4.83. The first-order chi connectivity index (χ1) is 8.97. The van der Waals surface area contributed by atoms with Gasteiger partial charge >= 0.3 is 5.97 Å². The normalized spacial score (nSPS) is 23.2. The van der Waals surface area contributed by atoms with E-state index in [0.29, 0.717) is 13.0 Å². The number of amides is 1. The largest absolute Gasteiger partial charge is 0.480 e. The maximum Gasteiger partial charge on any atom is 0.329 e. The Morgan fingerprint density at radius 3 is 2.84 bits per heavy atom. The number of carbonyl (C=O) groups is 2. The highest BCUT2D eigenvalue weighted by Crippen LogP contribution is 2.30. The van der Waals surface area contributed by atoms with Crippen LogP contribution in [0.25, 0.3) is 0 Å². The summed E-state index contributed by atoms with van der Waals surface area (Å²) in [4.78, 5) is 28.4. The van der Waals surface area contributed by atoms with Crippen molar-refractivity contribution in [3.8, 4) is 0 Å². The van der Waals surface area contributed by atoms with E-state index in [1.807, 2.05) is 0 Å². The van der Waals surface area contributed by atoms with Gasteiger partial charge in [0.15, 0.2) is 0 Å². The number of carboxylic acid groups (broad SMARTS) is 1. The van der Waals surface area contributed by atoms with Gasteiger partial charge in [-0.1, -0.05) is 0 Å². The van der Waals surface area contributed by atoms with Gasteiger partial charge in [-0.05, 0) is 38.3 Å². The van der Waals surface area contributed by atoms with Crippen LogP contribution in [-0.4, -0.2) is 39.0 Å². The molecule has 2 rings (SSSR count). The fraction of sp³-hybridized carbons (Fsp3) is 0.462. The molecule has 1 unspecified atom stereocenters. The lowest BCUT2D eigenvalue weighted by atomic mass is 9.88. The molecule has 1 amide bonds. The van der Waals surface area contributed by atoms with Gasteiger partial charge in [-0.25, -0.2) is 9.78 Å². The van der Waals surface area contributed by atoms with Gasteiger partial charge in [0, 0.05) is 12.7 Å². The van der Waals surface area contributed by atoms with E-state index in [9.17, 15) is 19.1 Å². The van der Waals surface area contributed by atoms with Gasteiger partial charge in [-0.15, -0.1) is 0 Å². The van der Waals surface area contributed by atoms with Crippen LogP contribution in [0, 0.1) is 5.95 Å². The number of pyridine rings is 1. The number of piperidine rings is 1. The van der Waals surface area contributed by atoms with Crippen molar-refractivity contribution in [3.05, 3.63) is 29.8 Å². The minimum absolute atomic E-state index is 0.183. The monoisotopic (exact) mass is 266 g/mol. The summed E-state index contributed by atoms with van der Waals surface area (Å²) in [5, 5.41) is 9.33. The van der Waals surface area contributed by atoms with Crippen LogP contribution in [0.15, 0.2) is 18.3 Å². The summed E-state index contributed by atoms with van der Waals surface area (Å²) in [6.07, 6.45) is 3.08. The number of aliphatic carboxylic acids is 1. The van der Waals surface area contributed by atoms with Crippen LogP contribution in [0.4, 0.5) is 4.39 Å². The van der Waals surface area contributed by atoms with Crippen molar-refractivity contribution in [1.29, 1.82) is 0 Å². The van der Waals surface area contributed by atoms with Crippen LogP contribution in [0.5, 0.6) is 0 Å². The number of carboxylic acids is 1. The Labute approximate surface area is 110 Å². The van der Waals surface area contributed by atoms with Gasteiger partial charge in [-0.3, -0.25) is 4.79 Å². The average molecular weight is 266 g/mol. The zero-order valence-corrected chi connectivity index (χ0v) is 10.6. The Bertz CT molecular complexity index is 520. The molecule has 0 bridgehead atoms. The van der Waals surface area contributed by atoms with Crippen molar-refractivity contribution in [2.75, 3.05) is 6.54 Å². The Hall–Kier alpha value is -1.98. The SMILES string of the molecule is CC1(C(=O)O)CCCCN1C(=O)c1cccnc1F. The first-order valence-corrected chi connectivity index (χ1v) is 6.12. The first-order valence-electron chi connectivity index (χ1n) is 6.12. The minimum atomic E-state index is -1.28. The highest BCUT2D eigenvalue weighted by Gasteiger charge is 2.44. The fourth-order valence-corrected chi connectivity index (χ4v) is 2.36. The number of hydrogen-bond acceptors (Lipinski definition) is 3. The van der Waals surface area contributed by atoms with Crippen molar-refractivity contribution in [1.82, 2.24) is 9.88 Å². The zero-order chi connectivity index (χ0) is 14.0. The maximum atomic E-state index is 13.5. The molecule has 6 heteroatoms. The highest BCUT2D eigenvalue weighted by molar-refractivity contribution is 5.97. The number of rotatable bonds is 2. The van der Waals surface area contributed by atoms with E-state index in [1.54, 1.807) is 0 Å². The van der Waals surface area contributed by atoms with Gasteiger partial charge < -0.3 is 10.0 Å². The Morgan fingerprint density at radius 2 is 2.21 bits per heavy atom. The lowest BCUT2D eigenvalue weighted by Crippen LogP contribution is -2.57. The molecule has 0 radical (unpaired) electrons. The van der Waals surface area contributed by atoms with E-state index in [0.717, 1.165) is 12.8 Å². The molecule has 1 saturated heterocycles. The molecule has 0 spiro atoms. The lowest BCUT2D eigenvalue weighted by Gasteiger charge is -2.41. The standard InChI is InChI=1S/C13H15FN2O3/c1-13(12(18)19)6-2-3-8-16(13)11(17)9-5-4-7-15-10(9)14/h4-5,7H,2-3,6,8H2,1H3,(H,18,19). The third-order valence-corrected chi connectivity index (χ3v) is 3.59. The van der Waals surface area contributed by atoms with Gasteiger partial charge in [0.05, 0.1) is 5.56 Å². The van der Waals surface area contributed by atoms with Gasteiger partial charge in [0.25, 0.3) is 5.91 Å².